The number of halogens is 2. The van der Waals surface area contributed by atoms with E-state index >= 15 is 0 Å². The van der Waals surface area contributed by atoms with Crippen LogP contribution in [0.2, 0.25) is 0 Å². The smallest absolute Gasteiger partial charge is 0.226 e. The largest absolute Gasteiger partial charge is 0.353 e. The van der Waals surface area contributed by atoms with E-state index < -0.39 is 11.6 Å². The summed E-state index contributed by atoms with van der Waals surface area (Å²) in [5.41, 5.74) is 0.530. The Hall–Kier alpha value is -2.02. The molecule has 2 aliphatic heterocycles. The first-order valence-corrected chi connectivity index (χ1v) is 12.2. The maximum Gasteiger partial charge on any atom is 0.226 e. The molecule has 0 aromatic heterocycles. The molecule has 2 fully saturated rings. The maximum atomic E-state index is 13.7. The van der Waals surface area contributed by atoms with Gasteiger partial charge in [0.1, 0.15) is 11.6 Å². The zero-order valence-electron chi connectivity index (χ0n) is 19.3. The van der Waals surface area contributed by atoms with Crippen molar-refractivity contribution in [1.29, 1.82) is 0 Å². The standard InChI is InChI=1S/C25H37F2N3O2/c1-3-5-10-30-16-23(22(4-2)25(30)32)24(31)29-21(15-20-8-6-7-9-28-20)13-17-11-18(26)14-19(27)12-17/h11-12,14,20-23,28H,3-10,13,15-16H2,1-2H3,(H,29,31)/t20?,21-,22-,23+/m0/s1. The minimum Gasteiger partial charge on any atom is -0.353 e. The minimum atomic E-state index is -0.611. The second-order valence-corrected chi connectivity index (χ2v) is 9.33. The quantitative estimate of drug-likeness (QED) is 0.571. The highest BCUT2D eigenvalue weighted by Gasteiger charge is 2.43. The number of nitrogens with one attached hydrogen (secondary N) is 2. The van der Waals surface area contributed by atoms with Gasteiger partial charge in [0.2, 0.25) is 11.8 Å². The summed E-state index contributed by atoms with van der Waals surface area (Å²) in [6.07, 6.45) is 6.90. The molecule has 4 atom stereocenters. The summed E-state index contributed by atoms with van der Waals surface area (Å²) in [5, 5.41) is 6.65. The van der Waals surface area contributed by atoms with Crippen molar-refractivity contribution in [3.8, 4) is 0 Å². The summed E-state index contributed by atoms with van der Waals surface area (Å²) >= 11 is 0. The highest BCUT2D eigenvalue weighted by molar-refractivity contribution is 5.91. The third-order valence-corrected chi connectivity index (χ3v) is 6.82. The van der Waals surface area contributed by atoms with Gasteiger partial charge in [-0.1, -0.05) is 26.7 Å². The van der Waals surface area contributed by atoms with Crippen LogP contribution < -0.4 is 10.6 Å². The lowest BCUT2D eigenvalue weighted by Crippen LogP contribution is -2.46. The van der Waals surface area contributed by atoms with Gasteiger partial charge in [-0.2, -0.15) is 0 Å². The summed E-state index contributed by atoms with van der Waals surface area (Å²) < 4.78 is 27.5. The van der Waals surface area contributed by atoms with E-state index in [9.17, 15) is 18.4 Å². The lowest BCUT2D eigenvalue weighted by molar-refractivity contribution is -0.133. The minimum absolute atomic E-state index is 0.0683. The van der Waals surface area contributed by atoms with Crippen LogP contribution in [-0.4, -0.2) is 48.4 Å². The summed E-state index contributed by atoms with van der Waals surface area (Å²) in [5.74, 6) is -1.96. The van der Waals surface area contributed by atoms with Crippen LogP contribution in [0.5, 0.6) is 0 Å². The number of piperidine rings is 1. The zero-order chi connectivity index (χ0) is 23.1. The van der Waals surface area contributed by atoms with Gasteiger partial charge in [-0.3, -0.25) is 9.59 Å². The fraction of sp³-hybridized carbons (Fsp3) is 0.680. The summed E-state index contributed by atoms with van der Waals surface area (Å²) in [4.78, 5) is 27.9. The molecule has 2 heterocycles. The fourth-order valence-corrected chi connectivity index (χ4v) is 5.12. The molecule has 0 saturated carbocycles. The predicted octanol–water partition coefficient (Wildman–Crippen LogP) is 3.81. The lowest BCUT2D eigenvalue weighted by Gasteiger charge is -2.29. The first kappa shape index (κ1) is 24.6. The van der Waals surface area contributed by atoms with Crippen molar-refractivity contribution in [3.05, 3.63) is 35.4 Å². The van der Waals surface area contributed by atoms with Crippen LogP contribution in [0.4, 0.5) is 8.78 Å². The molecule has 2 aliphatic rings. The molecule has 0 bridgehead atoms. The Balaban J connectivity index is 1.72. The molecule has 2 N–H and O–H groups in total. The monoisotopic (exact) mass is 449 g/mol. The lowest BCUT2D eigenvalue weighted by atomic mass is 9.90. The second kappa shape index (κ2) is 11.7. The number of hydrogen-bond acceptors (Lipinski definition) is 3. The highest BCUT2D eigenvalue weighted by atomic mass is 19.1. The van der Waals surface area contributed by atoms with Gasteiger partial charge in [0.25, 0.3) is 0 Å². The molecule has 32 heavy (non-hydrogen) atoms. The van der Waals surface area contributed by atoms with Crippen molar-refractivity contribution in [1.82, 2.24) is 15.5 Å². The first-order valence-electron chi connectivity index (χ1n) is 12.2. The van der Waals surface area contributed by atoms with E-state index in [4.69, 9.17) is 0 Å². The average Bonchev–Trinajstić information content (AvgIpc) is 3.07. The van der Waals surface area contributed by atoms with Crippen molar-refractivity contribution in [2.75, 3.05) is 19.6 Å². The SMILES string of the molecule is CCCCN1C[C@@H](C(=O)N[C@@H](Cc2cc(F)cc(F)c2)CC2CCCCN2)[C@H](CC)C1=O. The highest BCUT2D eigenvalue weighted by Crippen LogP contribution is 2.28. The Morgan fingerprint density at radius 1 is 1.22 bits per heavy atom. The number of amides is 2. The molecule has 0 aliphatic carbocycles. The van der Waals surface area contributed by atoms with Gasteiger partial charge >= 0.3 is 0 Å². The Labute approximate surface area is 190 Å². The van der Waals surface area contributed by atoms with Gasteiger partial charge in [-0.25, -0.2) is 8.78 Å². The topological polar surface area (TPSA) is 61.4 Å². The van der Waals surface area contributed by atoms with Crippen molar-refractivity contribution >= 4 is 11.8 Å². The van der Waals surface area contributed by atoms with E-state index in [-0.39, 0.29) is 35.7 Å². The van der Waals surface area contributed by atoms with E-state index in [0.29, 0.717) is 37.9 Å². The normalized spacial score (nSPS) is 24.6. The molecule has 2 amide bonds. The first-order chi connectivity index (χ1) is 15.4. The zero-order valence-corrected chi connectivity index (χ0v) is 19.3. The van der Waals surface area contributed by atoms with Crippen LogP contribution in [0.15, 0.2) is 18.2 Å². The van der Waals surface area contributed by atoms with E-state index in [1.54, 1.807) is 0 Å². The second-order valence-electron chi connectivity index (χ2n) is 9.33. The van der Waals surface area contributed by atoms with Crippen LogP contribution in [0, 0.1) is 23.5 Å². The molecule has 178 valence electrons. The number of rotatable bonds is 10. The number of hydrogen-bond donors (Lipinski definition) is 2. The number of carbonyl (C=O) groups is 2. The Morgan fingerprint density at radius 3 is 2.59 bits per heavy atom. The molecular formula is C25H37F2N3O2. The molecule has 3 rings (SSSR count). The number of carbonyl (C=O) groups excluding carboxylic acids is 2. The van der Waals surface area contributed by atoms with Crippen molar-refractivity contribution in [2.24, 2.45) is 11.8 Å². The summed E-state index contributed by atoms with van der Waals surface area (Å²) in [6.45, 7) is 6.12. The Kier molecular flexibility index (Phi) is 9.02. The molecule has 0 spiro atoms. The summed E-state index contributed by atoms with van der Waals surface area (Å²) in [7, 11) is 0. The molecule has 1 aromatic rings. The van der Waals surface area contributed by atoms with Crippen LogP contribution in [0.1, 0.15) is 64.4 Å². The third-order valence-electron chi connectivity index (χ3n) is 6.82. The van der Waals surface area contributed by atoms with E-state index in [2.05, 4.69) is 17.6 Å². The molecular weight excluding hydrogens is 412 g/mol. The van der Waals surface area contributed by atoms with Crippen molar-refractivity contribution < 1.29 is 18.4 Å². The van der Waals surface area contributed by atoms with Gasteiger partial charge in [-0.15, -0.1) is 0 Å². The maximum absolute atomic E-state index is 13.7. The van der Waals surface area contributed by atoms with Gasteiger partial charge in [0.05, 0.1) is 11.8 Å². The number of likely N-dealkylation sites (tertiary alicyclic amines) is 1. The van der Waals surface area contributed by atoms with Crippen molar-refractivity contribution in [2.45, 2.75) is 77.3 Å². The number of unbranched alkanes of at least 4 members (excludes halogenated alkanes) is 1. The van der Waals surface area contributed by atoms with Gasteiger partial charge in [0.15, 0.2) is 0 Å². The molecule has 2 saturated heterocycles. The van der Waals surface area contributed by atoms with Crippen molar-refractivity contribution in [3.63, 3.8) is 0 Å². The fourth-order valence-electron chi connectivity index (χ4n) is 5.12. The number of benzene rings is 1. The van der Waals surface area contributed by atoms with Crippen LogP contribution >= 0.6 is 0 Å². The average molecular weight is 450 g/mol. The predicted molar refractivity (Wildman–Crippen MR) is 121 cm³/mol. The van der Waals surface area contributed by atoms with E-state index in [1.165, 1.54) is 12.1 Å². The summed E-state index contributed by atoms with van der Waals surface area (Å²) in [6, 6.07) is 3.53. The van der Waals surface area contributed by atoms with E-state index in [1.807, 2.05) is 11.8 Å². The van der Waals surface area contributed by atoms with Crippen LogP contribution in [0.25, 0.3) is 0 Å². The van der Waals surface area contributed by atoms with Gasteiger partial charge in [-0.05, 0) is 62.8 Å². The third kappa shape index (κ3) is 6.50. The number of nitrogens with zero attached hydrogens (tertiary/aromatic N) is 1. The Bertz CT molecular complexity index is 762. The molecule has 5 nitrogen and oxygen atoms in total. The van der Waals surface area contributed by atoms with E-state index in [0.717, 1.165) is 44.7 Å². The molecule has 0 radical (unpaired) electrons. The molecule has 1 aromatic carbocycles. The van der Waals surface area contributed by atoms with Gasteiger partial charge in [0, 0.05) is 31.2 Å². The van der Waals surface area contributed by atoms with Gasteiger partial charge < -0.3 is 15.5 Å². The molecule has 1 unspecified atom stereocenters. The molecule has 7 heteroatoms. The van der Waals surface area contributed by atoms with Crippen LogP contribution in [-0.2, 0) is 16.0 Å². The Morgan fingerprint density at radius 2 is 1.97 bits per heavy atom. The van der Waals surface area contributed by atoms with Crippen LogP contribution in [0.3, 0.4) is 0 Å².